The molecule has 132 valence electrons. The van der Waals surface area contributed by atoms with Gasteiger partial charge in [-0.05, 0) is 24.3 Å². The second-order valence-electron chi connectivity index (χ2n) is 5.25. The lowest BCUT2D eigenvalue weighted by molar-refractivity contribution is -0.139. The fourth-order valence-electron chi connectivity index (χ4n) is 2.24. The highest BCUT2D eigenvalue weighted by molar-refractivity contribution is 5.85. The van der Waals surface area contributed by atoms with Crippen LogP contribution in [0.2, 0.25) is 0 Å². The van der Waals surface area contributed by atoms with E-state index in [-0.39, 0.29) is 12.5 Å². The molecule has 0 atom stereocenters. The molecule has 3 rings (SSSR count). The molecule has 0 fully saturated rings. The molecule has 9 nitrogen and oxygen atoms in total. The Hall–Kier alpha value is -3.75. The third-order valence-corrected chi connectivity index (χ3v) is 3.38. The Kier molecular flexibility index (Phi) is 5.18. The maximum atomic E-state index is 12.0. The number of aromatic nitrogens is 3. The van der Waals surface area contributed by atoms with E-state index in [1.165, 1.54) is 10.9 Å². The van der Waals surface area contributed by atoms with Gasteiger partial charge in [-0.1, -0.05) is 29.5 Å². The molecule has 0 aliphatic heterocycles. The molecular formula is C17H15N5O4. The molecule has 2 aromatic carbocycles. The maximum absolute atomic E-state index is 12.0. The molecule has 0 saturated heterocycles. The van der Waals surface area contributed by atoms with Crippen LogP contribution in [0.15, 0.2) is 53.6 Å². The zero-order chi connectivity index (χ0) is 18.4. The van der Waals surface area contributed by atoms with E-state index in [2.05, 4.69) is 20.8 Å². The monoisotopic (exact) mass is 353 g/mol. The summed E-state index contributed by atoms with van der Waals surface area (Å²) in [6.45, 7) is -0.494. The largest absolute Gasteiger partial charge is 0.481 e. The first kappa shape index (κ1) is 17.1. The van der Waals surface area contributed by atoms with E-state index in [0.29, 0.717) is 16.8 Å². The van der Waals surface area contributed by atoms with Crippen molar-refractivity contribution in [2.45, 2.75) is 6.54 Å². The Morgan fingerprint density at radius 3 is 2.81 bits per heavy atom. The van der Waals surface area contributed by atoms with Crippen molar-refractivity contribution in [1.82, 2.24) is 20.4 Å². The average Bonchev–Trinajstić information content (AvgIpc) is 3.04. The van der Waals surface area contributed by atoms with Crippen molar-refractivity contribution < 1.29 is 19.4 Å². The number of nitrogens with one attached hydrogen (secondary N) is 1. The third-order valence-electron chi connectivity index (χ3n) is 3.38. The van der Waals surface area contributed by atoms with Crippen LogP contribution in [0, 0.1) is 0 Å². The number of para-hydroxylation sites is 2. The molecule has 0 aliphatic carbocycles. The summed E-state index contributed by atoms with van der Waals surface area (Å²) >= 11 is 0. The number of hydrogen-bond acceptors (Lipinski definition) is 6. The zero-order valence-corrected chi connectivity index (χ0v) is 13.6. The molecule has 1 heterocycles. The van der Waals surface area contributed by atoms with Gasteiger partial charge in [0.25, 0.3) is 5.91 Å². The molecule has 0 spiro atoms. The topological polar surface area (TPSA) is 119 Å². The first-order valence-corrected chi connectivity index (χ1v) is 7.67. The Morgan fingerprint density at radius 2 is 1.96 bits per heavy atom. The van der Waals surface area contributed by atoms with Crippen molar-refractivity contribution in [3.63, 3.8) is 0 Å². The van der Waals surface area contributed by atoms with Crippen LogP contribution in [0.3, 0.4) is 0 Å². The number of aliphatic carboxylic acids is 1. The fraction of sp³-hybridized carbons (Fsp3) is 0.118. The molecule has 0 unspecified atom stereocenters. The standard InChI is InChI=1S/C17H15N5O4/c23-16(10-22-14-7-3-2-6-13(14)19-21-22)20-18-9-12-5-1-4-8-15(12)26-11-17(24)25/h1-9H,10-11H2,(H,20,23)(H,24,25)/b18-9+. The van der Waals surface area contributed by atoms with Gasteiger partial charge in [-0.3, -0.25) is 4.79 Å². The number of benzene rings is 2. The third kappa shape index (κ3) is 4.20. The smallest absolute Gasteiger partial charge is 0.341 e. The van der Waals surface area contributed by atoms with Gasteiger partial charge in [0.2, 0.25) is 0 Å². The number of rotatable bonds is 7. The van der Waals surface area contributed by atoms with Crippen molar-refractivity contribution in [1.29, 1.82) is 0 Å². The van der Waals surface area contributed by atoms with E-state index >= 15 is 0 Å². The minimum atomic E-state index is -1.08. The molecule has 0 radical (unpaired) electrons. The van der Waals surface area contributed by atoms with E-state index < -0.39 is 12.6 Å². The van der Waals surface area contributed by atoms with Crippen molar-refractivity contribution in [2.75, 3.05) is 6.61 Å². The van der Waals surface area contributed by atoms with Crippen LogP contribution in [0.1, 0.15) is 5.56 Å². The predicted octanol–water partition coefficient (Wildman–Crippen LogP) is 1.04. The average molecular weight is 353 g/mol. The molecular weight excluding hydrogens is 338 g/mol. The van der Waals surface area contributed by atoms with E-state index in [1.807, 2.05) is 24.3 Å². The second kappa shape index (κ2) is 7.88. The lowest BCUT2D eigenvalue weighted by Crippen LogP contribution is -2.23. The number of carboxylic acid groups (broad SMARTS) is 1. The quantitative estimate of drug-likeness (QED) is 0.484. The first-order chi connectivity index (χ1) is 12.6. The van der Waals surface area contributed by atoms with E-state index in [0.717, 1.165) is 5.52 Å². The van der Waals surface area contributed by atoms with Gasteiger partial charge in [0, 0.05) is 5.56 Å². The van der Waals surface area contributed by atoms with Crippen LogP contribution >= 0.6 is 0 Å². The van der Waals surface area contributed by atoms with E-state index in [9.17, 15) is 9.59 Å². The summed E-state index contributed by atoms with van der Waals surface area (Å²) in [5.41, 5.74) is 4.39. The molecule has 1 aromatic heterocycles. The summed E-state index contributed by atoms with van der Waals surface area (Å²) in [6, 6.07) is 14.1. The van der Waals surface area contributed by atoms with Gasteiger partial charge < -0.3 is 9.84 Å². The Bertz CT molecular complexity index is 966. The number of carboxylic acids is 1. The van der Waals surface area contributed by atoms with Crippen molar-refractivity contribution in [3.05, 3.63) is 54.1 Å². The minimum Gasteiger partial charge on any atom is -0.481 e. The van der Waals surface area contributed by atoms with Crippen LogP contribution in [-0.2, 0) is 16.1 Å². The zero-order valence-electron chi connectivity index (χ0n) is 13.6. The van der Waals surface area contributed by atoms with Crippen LogP contribution in [-0.4, -0.2) is 44.8 Å². The summed E-state index contributed by atoms with van der Waals surface area (Å²) in [4.78, 5) is 22.6. The van der Waals surface area contributed by atoms with Crippen LogP contribution in [0.4, 0.5) is 0 Å². The van der Waals surface area contributed by atoms with Crippen molar-refractivity contribution >= 4 is 29.1 Å². The summed E-state index contributed by atoms with van der Waals surface area (Å²) in [7, 11) is 0. The lowest BCUT2D eigenvalue weighted by Gasteiger charge is -2.06. The molecule has 0 bridgehead atoms. The predicted molar refractivity (Wildman–Crippen MR) is 92.8 cm³/mol. The number of carbonyl (C=O) groups is 2. The van der Waals surface area contributed by atoms with Gasteiger partial charge in [-0.15, -0.1) is 5.10 Å². The highest BCUT2D eigenvalue weighted by Gasteiger charge is 2.08. The van der Waals surface area contributed by atoms with Crippen LogP contribution in [0.5, 0.6) is 5.75 Å². The minimum absolute atomic E-state index is 0.0327. The highest BCUT2D eigenvalue weighted by atomic mass is 16.5. The number of nitrogens with zero attached hydrogens (tertiary/aromatic N) is 4. The molecule has 0 saturated carbocycles. The summed E-state index contributed by atoms with van der Waals surface area (Å²) in [5.74, 6) is -1.10. The molecule has 2 N–H and O–H groups in total. The number of fused-ring (bicyclic) bond motifs is 1. The fourth-order valence-corrected chi connectivity index (χ4v) is 2.24. The second-order valence-corrected chi connectivity index (χ2v) is 5.25. The molecule has 0 aliphatic rings. The molecule has 1 amide bonds. The van der Waals surface area contributed by atoms with Gasteiger partial charge in [0.15, 0.2) is 6.61 Å². The summed E-state index contributed by atoms with van der Waals surface area (Å²) in [5, 5.41) is 20.5. The lowest BCUT2D eigenvalue weighted by atomic mass is 10.2. The van der Waals surface area contributed by atoms with E-state index in [4.69, 9.17) is 9.84 Å². The maximum Gasteiger partial charge on any atom is 0.341 e. The number of carbonyl (C=O) groups excluding carboxylic acids is 1. The molecule has 9 heteroatoms. The van der Waals surface area contributed by atoms with Crippen molar-refractivity contribution in [2.24, 2.45) is 5.10 Å². The highest BCUT2D eigenvalue weighted by Crippen LogP contribution is 2.15. The van der Waals surface area contributed by atoms with Crippen LogP contribution < -0.4 is 10.2 Å². The SMILES string of the molecule is O=C(O)COc1ccccc1/C=N/NC(=O)Cn1nnc2ccccc21. The van der Waals surface area contributed by atoms with Crippen molar-refractivity contribution in [3.8, 4) is 5.75 Å². The Morgan fingerprint density at radius 1 is 1.19 bits per heavy atom. The Balaban J connectivity index is 1.62. The normalized spacial score (nSPS) is 10.9. The molecule has 3 aromatic rings. The number of amides is 1. The van der Waals surface area contributed by atoms with Gasteiger partial charge in [0.1, 0.15) is 17.8 Å². The van der Waals surface area contributed by atoms with Gasteiger partial charge in [0.05, 0.1) is 11.7 Å². The number of hydrazone groups is 1. The first-order valence-electron chi connectivity index (χ1n) is 7.67. The van der Waals surface area contributed by atoms with Crippen LogP contribution in [0.25, 0.3) is 11.0 Å². The molecule has 26 heavy (non-hydrogen) atoms. The summed E-state index contributed by atoms with van der Waals surface area (Å²) in [6.07, 6.45) is 1.38. The van der Waals surface area contributed by atoms with Gasteiger partial charge in [-0.2, -0.15) is 5.10 Å². The number of hydrogen-bond donors (Lipinski definition) is 2. The Labute approximate surface area is 147 Å². The van der Waals surface area contributed by atoms with Gasteiger partial charge >= 0.3 is 5.97 Å². The summed E-state index contributed by atoms with van der Waals surface area (Å²) < 4.78 is 6.64. The van der Waals surface area contributed by atoms with E-state index in [1.54, 1.807) is 24.3 Å². The van der Waals surface area contributed by atoms with Gasteiger partial charge in [-0.25, -0.2) is 14.9 Å². The number of ether oxygens (including phenoxy) is 1.